The van der Waals surface area contributed by atoms with Crippen molar-refractivity contribution < 1.29 is 4.79 Å². The molecule has 1 amide bonds. The molecular formula is C29H38N6O. The lowest BCUT2D eigenvalue weighted by Gasteiger charge is -2.42. The van der Waals surface area contributed by atoms with E-state index in [1.807, 2.05) is 28.7 Å². The van der Waals surface area contributed by atoms with E-state index in [9.17, 15) is 4.79 Å². The highest BCUT2D eigenvalue weighted by molar-refractivity contribution is 5.98. The first kappa shape index (κ1) is 24.5. The van der Waals surface area contributed by atoms with Gasteiger partial charge in [0.05, 0.1) is 34.5 Å². The predicted octanol–water partition coefficient (Wildman–Crippen LogP) is 4.56. The van der Waals surface area contributed by atoms with Crippen molar-refractivity contribution in [1.29, 1.82) is 0 Å². The second-order valence-corrected chi connectivity index (χ2v) is 10.3. The lowest BCUT2D eigenvalue weighted by atomic mass is 9.92. The Bertz CT molecular complexity index is 1280. The third-order valence-electron chi connectivity index (χ3n) is 7.62. The minimum absolute atomic E-state index is 0.0237. The van der Waals surface area contributed by atoms with Gasteiger partial charge in [-0.25, -0.2) is 4.52 Å². The molecule has 3 aliphatic heterocycles. The van der Waals surface area contributed by atoms with Gasteiger partial charge in [0.25, 0.3) is 5.91 Å². The summed E-state index contributed by atoms with van der Waals surface area (Å²) < 4.78 is 1.91. The number of hydrogen-bond acceptors (Lipinski definition) is 5. The summed E-state index contributed by atoms with van der Waals surface area (Å²) in [5.74, 6) is 0.156. The Kier molecular flexibility index (Phi) is 6.84. The summed E-state index contributed by atoms with van der Waals surface area (Å²) in [6, 6.07) is 2.59. The van der Waals surface area contributed by atoms with Gasteiger partial charge < -0.3 is 4.90 Å². The number of rotatable bonds is 5. The second-order valence-electron chi connectivity index (χ2n) is 10.3. The summed E-state index contributed by atoms with van der Waals surface area (Å²) in [6.07, 6.45) is 15.1. The topological polar surface area (TPSA) is 57.0 Å². The maximum absolute atomic E-state index is 13.6. The monoisotopic (exact) mass is 486 g/mol. The number of aryl methyl sites for hydroxylation is 2. The number of fused-ring (bicyclic) bond motifs is 2. The fourth-order valence-electron chi connectivity index (χ4n) is 5.58. The minimum Gasteiger partial charge on any atom is -0.367 e. The highest BCUT2D eigenvalue weighted by Gasteiger charge is 2.28. The molecule has 0 bridgehead atoms. The minimum atomic E-state index is -0.0237. The Morgan fingerprint density at radius 1 is 1.11 bits per heavy atom. The Labute approximate surface area is 214 Å². The van der Waals surface area contributed by atoms with Gasteiger partial charge in [0.1, 0.15) is 0 Å². The van der Waals surface area contributed by atoms with E-state index < -0.39 is 0 Å². The molecule has 7 heteroatoms. The van der Waals surface area contributed by atoms with Gasteiger partial charge in [-0.2, -0.15) is 5.10 Å². The number of carbonyl (C=O) groups is 1. The second kappa shape index (κ2) is 10.1. The van der Waals surface area contributed by atoms with Gasteiger partial charge in [-0.15, -0.1) is 0 Å². The number of amides is 1. The van der Waals surface area contributed by atoms with E-state index >= 15 is 0 Å². The third-order valence-corrected chi connectivity index (χ3v) is 7.62. The molecule has 0 N–H and O–H groups in total. The van der Waals surface area contributed by atoms with Gasteiger partial charge in [-0.05, 0) is 69.4 Å². The molecule has 0 spiro atoms. The summed E-state index contributed by atoms with van der Waals surface area (Å²) in [4.78, 5) is 25.1. The molecule has 0 radical (unpaired) electrons. The summed E-state index contributed by atoms with van der Waals surface area (Å²) in [6.45, 7) is 15.0. The van der Waals surface area contributed by atoms with E-state index in [4.69, 9.17) is 5.10 Å². The quantitative estimate of drug-likeness (QED) is 0.620. The van der Waals surface area contributed by atoms with Crippen LogP contribution in [0.2, 0.25) is 0 Å². The highest BCUT2D eigenvalue weighted by atomic mass is 16.2. The van der Waals surface area contributed by atoms with Crippen LogP contribution in [-0.4, -0.2) is 67.4 Å². The average Bonchev–Trinajstić information content (AvgIpc) is 3.29. The van der Waals surface area contributed by atoms with Crippen molar-refractivity contribution in [2.24, 2.45) is 5.92 Å². The van der Waals surface area contributed by atoms with Crippen LogP contribution in [0.4, 0.5) is 0 Å². The molecule has 5 heterocycles. The first-order valence-corrected chi connectivity index (χ1v) is 13.4. The average molecular weight is 487 g/mol. The van der Waals surface area contributed by atoms with Crippen LogP contribution in [0.25, 0.3) is 11.1 Å². The normalized spacial score (nSPS) is 23.2. The van der Waals surface area contributed by atoms with Crippen LogP contribution in [0.15, 0.2) is 54.2 Å². The summed E-state index contributed by atoms with van der Waals surface area (Å²) in [7, 11) is 0. The van der Waals surface area contributed by atoms with Crippen molar-refractivity contribution in [3.63, 3.8) is 0 Å². The van der Waals surface area contributed by atoms with Gasteiger partial charge in [-0.1, -0.05) is 26.8 Å². The molecule has 1 fully saturated rings. The molecule has 36 heavy (non-hydrogen) atoms. The molecule has 2 aromatic rings. The number of allylic oxidation sites excluding steroid dienone is 4. The van der Waals surface area contributed by atoms with E-state index in [1.165, 1.54) is 6.42 Å². The van der Waals surface area contributed by atoms with Gasteiger partial charge in [-0.3, -0.25) is 19.6 Å². The van der Waals surface area contributed by atoms with Crippen molar-refractivity contribution in [2.75, 3.05) is 26.2 Å². The SMILES string of the molecule is CCCN1CCN(C2=CN3C(=O)C=C(c4cc5c(CC)nc(C)cn5n4)C(C)CC=C3C=C2)CC1C. The van der Waals surface area contributed by atoms with Crippen LogP contribution >= 0.6 is 0 Å². The summed E-state index contributed by atoms with van der Waals surface area (Å²) in [5, 5.41) is 4.86. The molecule has 7 nitrogen and oxygen atoms in total. The van der Waals surface area contributed by atoms with Crippen molar-refractivity contribution in [3.8, 4) is 0 Å². The van der Waals surface area contributed by atoms with E-state index in [2.05, 4.69) is 66.8 Å². The first-order chi connectivity index (χ1) is 17.4. The molecule has 0 aromatic carbocycles. The summed E-state index contributed by atoms with van der Waals surface area (Å²) in [5.41, 5.74) is 6.87. The van der Waals surface area contributed by atoms with Crippen LogP contribution in [-0.2, 0) is 11.2 Å². The fourth-order valence-corrected chi connectivity index (χ4v) is 5.58. The lowest BCUT2D eigenvalue weighted by molar-refractivity contribution is -0.122. The van der Waals surface area contributed by atoms with Crippen LogP contribution < -0.4 is 0 Å². The van der Waals surface area contributed by atoms with Crippen LogP contribution in [0, 0.1) is 12.8 Å². The molecule has 0 aliphatic carbocycles. The van der Waals surface area contributed by atoms with Crippen LogP contribution in [0.1, 0.15) is 57.6 Å². The zero-order valence-corrected chi connectivity index (χ0v) is 22.2. The van der Waals surface area contributed by atoms with Crippen LogP contribution in [0.3, 0.4) is 0 Å². The zero-order chi connectivity index (χ0) is 25.4. The predicted molar refractivity (Wildman–Crippen MR) is 144 cm³/mol. The lowest BCUT2D eigenvalue weighted by Crippen LogP contribution is -2.51. The third kappa shape index (κ3) is 4.64. The molecule has 2 unspecified atom stereocenters. The molecular weight excluding hydrogens is 448 g/mol. The van der Waals surface area contributed by atoms with Gasteiger partial charge in [0.2, 0.25) is 0 Å². The maximum Gasteiger partial charge on any atom is 0.255 e. The summed E-state index contributed by atoms with van der Waals surface area (Å²) >= 11 is 0. The van der Waals surface area contributed by atoms with E-state index in [0.717, 1.165) is 78.6 Å². The van der Waals surface area contributed by atoms with Crippen molar-refractivity contribution in [2.45, 2.75) is 59.9 Å². The van der Waals surface area contributed by atoms with Gasteiger partial charge in [0.15, 0.2) is 0 Å². The Balaban J connectivity index is 1.44. The van der Waals surface area contributed by atoms with E-state index in [0.29, 0.717) is 6.04 Å². The Hall–Kier alpha value is -3.19. The smallest absolute Gasteiger partial charge is 0.255 e. The number of hydrogen-bond donors (Lipinski definition) is 0. The van der Waals surface area contributed by atoms with E-state index in [1.54, 1.807) is 6.08 Å². The molecule has 5 rings (SSSR count). The van der Waals surface area contributed by atoms with E-state index in [-0.39, 0.29) is 11.8 Å². The molecule has 2 aromatic heterocycles. The van der Waals surface area contributed by atoms with Crippen molar-refractivity contribution in [1.82, 2.24) is 29.3 Å². The standard InChI is InChI=1S/C29H38N6O/c1-6-12-32-13-14-33(18-22(32)5)24-11-10-23-9-8-20(3)25(15-29(36)34(23)19-24)27-16-28-26(7-2)30-21(4)17-35(28)31-27/h9-11,15-17,19-20,22H,6-8,12-14,18H2,1-5H3. The van der Waals surface area contributed by atoms with Crippen LogP contribution in [0.5, 0.6) is 0 Å². The molecule has 190 valence electrons. The molecule has 0 saturated carbocycles. The van der Waals surface area contributed by atoms with Gasteiger partial charge >= 0.3 is 0 Å². The number of piperazine rings is 1. The highest BCUT2D eigenvalue weighted by Crippen LogP contribution is 2.32. The first-order valence-electron chi connectivity index (χ1n) is 13.4. The largest absolute Gasteiger partial charge is 0.367 e. The molecule has 2 atom stereocenters. The Morgan fingerprint density at radius 3 is 2.67 bits per heavy atom. The zero-order valence-electron chi connectivity index (χ0n) is 22.2. The number of nitrogens with zero attached hydrogens (tertiary/aromatic N) is 6. The Morgan fingerprint density at radius 2 is 1.92 bits per heavy atom. The number of carbonyl (C=O) groups excluding carboxylic acids is 1. The fraction of sp³-hybridized carbons (Fsp3) is 0.483. The van der Waals surface area contributed by atoms with Crippen molar-refractivity contribution >= 4 is 17.0 Å². The molecule has 1 saturated heterocycles. The van der Waals surface area contributed by atoms with Crippen molar-refractivity contribution in [3.05, 3.63) is 71.2 Å². The number of aromatic nitrogens is 3. The maximum atomic E-state index is 13.6. The molecule has 3 aliphatic rings. The van der Waals surface area contributed by atoms with Gasteiger partial charge in [0, 0.05) is 43.6 Å².